The fourth-order valence-corrected chi connectivity index (χ4v) is 3.69. The molecule has 1 aliphatic carbocycles. The first kappa shape index (κ1) is 18.7. The summed E-state index contributed by atoms with van der Waals surface area (Å²) in [7, 11) is 1.35. The van der Waals surface area contributed by atoms with Crippen LogP contribution in [0.4, 0.5) is 5.69 Å². The molecule has 6 nitrogen and oxygen atoms in total. The van der Waals surface area contributed by atoms with Gasteiger partial charge in [0.1, 0.15) is 0 Å². The predicted molar refractivity (Wildman–Crippen MR) is 110 cm³/mol. The molecule has 0 aliphatic heterocycles. The van der Waals surface area contributed by atoms with Crippen LogP contribution in [0.2, 0.25) is 0 Å². The van der Waals surface area contributed by atoms with Crippen LogP contribution in [0.25, 0.3) is 10.9 Å². The number of hydrogen-bond donors (Lipinski definition) is 1. The van der Waals surface area contributed by atoms with Crippen LogP contribution >= 0.6 is 15.9 Å². The van der Waals surface area contributed by atoms with Gasteiger partial charge in [0.15, 0.2) is 0 Å². The summed E-state index contributed by atoms with van der Waals surface area (Å²) in [6.07, 6.45) is 4.64. The lowest BCUT2D eigenvalue weighted by Gasteiger charge is -2.11. The highest BCUT2D eigenvalue weighted by Crippen LogP contribution is 2.32. The zero-order valence-corrected chi connectivity index (χ0v) is 17.0. The molecule has 1 amide bonds. The molecule has 7 heteroatoms. The Kier molecular flexibility index (Phi) is 5.17. The maximum Gasteiger partial charge on any atom is 0.310 e. The Bertz CT molecular complexity index is 1060. The molecule has 144 valence electrons. The number of halogens is 1. The summed E-state index contributed by atoms with van der Waals surface area (Å²) in [5, 5.41) is 8.50. The summed E-state index contributed by atoms with van der Waals surface area (Å²) >= 11 is 3.56. The van der Waals surface area contributed by atoms with Crippen molar-refractivity contribution in [2.45, 2.75) is 25.8 Å². The van der Waals surface area contributed by atoms with Crippen molar-refractivity contribution in [1.29, 1.82) is 0 Å². The number of methoxy groups -OCH3 is 1. The molecule has 0 spiro atoms. The van der Waals surface area contributed by atoms with Gasteiger partial charge in [-0.05, 0) is 42.5 Å². The van der Waals surface area contributed by atoms with Crippen molar-refractivity contribution in [2.24, 2.45) is 5.92 Å². The van der Waals surface area contributed by atoms with E-state index in [2.05, 4.69) is 26.3 Å². The molecule has 1 N–H and O–H groups in total. The normalized spacial score (nSPS) is 13.5. The molecule has 0 radical (unpaired) electrons. The van der Waals surface area contributed by atoms with E-state index in [1.807, 2.05) is 23.0 Å². The van der Waals surface area contributed by atoms with Crippen LogP contribution in [-0.2, 0) is 22.5 Å². The molecular formula is C21H20BrN3O3. The number of nitrogens with zero attached hydrogens (tertiary/aromatic N) is 2. The fraction of sp³-hybridized carbons (Fsp3) is 0.286. The summed E-state index contributed by atoms with van der Waals surface area (Å²) in [5.41, 5.74) is 2.58. The maximum absolute atomic E-state index is 12.8. The summed E-state index contributed by atoms with van der Waals surface area (Å²) < 4.78 is 7.52. The summed E-state index contributed by atoms with van der Waals surface area (Å²) in [6, 6.07) is 10.8. The highest BCUT2D eigenvalue weighted by atomic mass is 79.9. The van der Waals surface area contributed by atoms with Crippen molar-refractivity contribution in [2.75, 3.05) is 12.4 Å². The maximum atomic E-state index is 12.8. The van der Waals surface area contributed by atoms with E-state index >= 15 is 0 Å². The SMILES string of the molecule is COC(=O)Cc1ccccc1NC(=O)c1cc(Br)c2cn(CC3CC3)nc2c1. The molecule has 0 bridgehead atoms. The van der Waals surface area contributed by atoms with Crippen molar-refractivity contribution < 1.29 is 14.3 Å². The minimum absolute atomic E-state index is 0.0985. The molecule has 4 rings (SSSR count). The van der Waals surface area contributed by atoms with E-state index in [9.17, 15) is 9.59 Å². The van der Waals surface area contributed by atoms with Crippen LogP contribution in [-0.4, -0.2) is 28.8 Å². The molecule has 1 fully saturated rings. The van der Waals surface area contributed by atoms with Crippen LogP contribution in [0.15, 0.2) is 47.1 Å². The quantitative estimate of drug-likeness (QED) is 0.582. The van der Waals surface area contributed by atoms with Gasteiger partial charge in [-0.3, -0.25) is 14.3 Å². The molecule has 0 atom stereocenters. The number of hydrogen-bond acceptors (Lipinski definition) is 4. The number of aromatic nitrogens is 2. The number of carbonyl (C=O) groups excluding carboxylic acids is 2. The van der Waals surface area contributed by atoms with Crippen LogP contribution in [0, 0.1) is 5.92 Å². The average molecular weight is 442 g/mol. The van der Waals surface area contributed by atoms with Gasteiger partial charge in [0.05, 0.1) is 19.0 Å². The number of anilines is 1. The molecule has 1 saturated carbocycles. The third kappa shape index (κ3) is 4.09. The van der Waals surface area contributed by atoms with E-state index in [4.69, 9.17) is 4.74 Å². The molecule has 0 saturated heterocycles. The first-order valence-electron chi connectivity index (χ1n) is 9.16. The van der Waals surface area contributed by atoms with Crippen molar-refractivity contribution in [3.8, 4) is 0 Å². The number of nitrogens with one attached hydrogen (secondary N) is 1. The largest absolute Gasteiger partial charge is 0.469 e. The van der Waals surface area contributed by atoms with Crippen molar-refractivity contribution in [1.82, 2.24) is 9.78 Å². The molecule has 1 heterocycles. The van der Waals surface area contributed by atoms with E-state index in [0.717, 1.165) is 27.8 Å². The monoisotopic (exact) mass is 441 g/mol. The van der Waals surface area contributed by atoms with Crippen LogP contribution in [0.1, 0.15) is 28.8 Å². The Labute approximate surface area is 171 Å². The fourth-order valence-electron chi connectivity index (χ4n) is 3.14. The molecule has 3 aromatic rings. The van der Waals surface area contributed by atoms with E-state index in [0.29, 0.717) is 16.8 Å². The lowest BCUT2D eigenvalue weighted by Crippen LogP contribution is -2.15. The highest BCUT2D eigenvalue weighted by molar-refractivity contribution is 9.10. The highest BCUT2D eigenvalue weighted by Gasteiger charge is 2.22. The van der Waals surface area contributed by atoms with E-state index < -0.39 is 0 Å². The average Bonchev–Trinajstić information content (AvgIpc) is 3.39. The first-order chi connectivity index (χ1) is 13.5. The minimum atomic E-state index is -0.355. The molecule has 2 aromatic carbocycles. The Hall–Kier alpha value is -2.67. The molecule has 1 aromatic heterocycles. The molecule has 28 heavy (non-hydrogen) atoms. The van der Waals surface area contributed by atoms with E-state index in [1.54, 1.807) is 24.3 Å². The van der Waals surface area contributed by atoms with Gasteiger partial charge in [-0.25, -0.2) is 0 Å². The zero-order chi connectivity index (χ0) is 19.7. The summed E-state index contributed by atoms with van der Waals surface area (Å²) in [5.74, 6) is 0.117. The van der Waals surface area contributed by atoms with E-state index in [1.165, 1.54) is 20.0 Å². The van der Waals surface area contributed by atoms with Gasteiger partial charge in [-0.15, -0.1) is 0 Å². The standard InChI is InChI=1S/C21H20BrN3O3/c1-28-20(26)10-14-4-2-3-5-18(14)23-21(27)15-8-17(22)16-12-25(11-13-6-7-13)24-19(16)9-15/h2-5,8-9,12-13H,6-7,10-11H2,1H3,(H,23,27). The number of para-hydroxylation sites is 1. The topological polar surface area (TPSA) is 73.2 Å². The summed E-state index contributed by atoms with van der Waals surface area (Å²) in [6.45, 7) is 0.920. The van der Waals surface area contributed by atoms with Crippen molar-refractivity contribution >= 4 is 44.4 Å². The van der Waals surface area contributed by atoms with Gasteiger partial charge >= 0.3 is 5.97 Å². The number of ether oxygens (including phenoxy) is 1. The van der Waals surface area contributed by atoms with Crippen LogP contribution in [0.5, 0.6) is 0 Å². The van der Waals surface area contributed by atoms with Gasteiger partial charge in [0.25, 0.3) is 5.91 Å². The molecule has 1 aliphatic rings. The summed E-state index contributed by atoms with van der Waals surface area (Å²) in [4.78, 5) is 24.4. The zero-order valence-electron chi connectivity index (χ0n) is 15.4. The number of esters is 1. The number of fused-ring (bicyclic) bond motifs is 1. The lowest BCUT2D eigenvalue weighted by molar-refractivity contribution is -0.139. The number of amides is 1. The first-order valence-corrected chi connectivity index (χ1v) is 9.95. The van der Waals surface area contributed by atoms with Gasteiger partial charge in [-0.2, -0.15) is 5.10 Å². The third-order valence-corrected chi connectivity index (χ3v) is 5.51. The number of rotatable bonds is 6. The Morgan fingerprint density at radius 1 is 1.29 bits per heavy atom. The van der Waals surface area contributed by atoms with Crippen molar-refractivity contribution in [3.63, 3.8) is 0 Å². The van der Waals surface area contributed by atoms with Gasteiger partial charge in [0.2, 0.25) is 0 Å². The number of carbonyl (C=O) groups is 2. The van der Waals surface area contributed by atoms with Gasteiger partial charge in [0, 0.05) is 33.9 Å². The smallest absolute Gasteiger partial charge is 0.310 e. The Balaban J connectivity index is 1.58. The molecule has 0 unspecified atom stereocenters. The second-order valence-electron chi connectivity index (χ2n) is 7.05. The predicted octanol–water partition coefficient (Wildman–Crippen LogP) is 4.18. The lowest BCUT2D eigenvalue weighted by atomic mass is 10.1. The number of benzene rings is 2. The van der Waals surface area contributed by atoms with Crippen LogP contribution in [0.3, 0.4) is 0 Å². The Morgan fingerprint density at radius 2 is 2.07 bits per heavy atom. The van der Waals surface area contributed by atoms with Crippen molar-refractivity contribution in [3.05, 3.63) is 58.2 Å². The third-order valence-electron chi connectivity index (χ3n) is 4.85. The second-order valence-corrected chi connectivity index (χ2v) is 7.90. The van der Waals surface area contributed by atoms with E-state index in [-0.39, 0.29) is 18.3 Å². The van der Waals surface area contributed by atoms with Crippen LogP contribution < -0.4 is 5.32 Å². The Morgan fingerprint density at radius 3 is 2.82 bits per heavy atom. The minimum Gasteiger partial charge on any atom is -0.469 e. The van der Waals surface area contributed by atoms with Gasteiger partial charge < -0.3 is 10.1 Å². The molecular weight excluding hydrogens is 422 g/mol. The second kappa shape index (κ2) is 7.75. The van der Waals surface area contributed by atoms with Gasteiger partial charge in [-0.1, -0.05) is 34.1 Å².